The second kappa shape index (κ2) is 8.65. The topological polar surface area (TPSA) is 60.0 Å². The van der Waals surface area contributed by atoms with Crippen LogP contribution in [0.5, 0.6) is 17.2 Å². The number of para-hydroxylation sites is 2. The van der Waals surface area contributed by atoms with Crippen LogP contribution in [-0.2, 0) is 0 Å². The number of carbonyl (C=O) groups excluding carboxylic acids is 1. The van der Waals surface area contributed by atoms with Crippen LogP contribution < -0.4 is 19.5 Å². The Morgan fingerprint density at radius 3 is 2.96 bits per heavy atom. The average Bonchev–Trinajstić information content (AvgIpc) is 3.04. The Kier molecular flexibility index (Phi) is 5.81. The van der Waals surface area contributed by atoms with Crippen molar-refractivity contribution in [3.05, 3.63) is 48.0 Å². The Morgan fingerprint density at radius 1 is 1.21 bits per heavy atom. The zero-order valence-corrected chi connectivity index (χ0v) is 16.7. The van der Waals surface area contributed by atoms with Gasteiger partial charge in [-0.05, 0) is 43.2 Å². The quantitative estimate of drug-likeness (QED) is 0.817. The Balaban J connectivity index is 1.39. The molecule has 6 nitrogen and oxygen atoms in total. The summed E-state index contributed by atoms with van der Waals surface area (Å²) in [5, 5.41) is 3.33. The summed E-state index contributed by atoms with van der Waals surface area (Å²) < 4.78 is 16.5. The molecule has 0 saturated carbocycles. The summed E-state index contributed by atoms with van der Waals surface area (Å²) in [5.74, 6) is 3.20. The number of hydrogen-bond donors (Lipinski definition) is 1. The standard InChI is InChI=1S/C21H24N2O4S/c1-2-25-17-6-4-3-5-16(17)22-21(24)23-10-9-20(28-12-11-23)15-7-8-18-19(13-15)27-14-26-18/h3-8,13,20H,2,9-12,14H2,1H3,(H,22,24). The van der Waals surface area contributed by atoms with Crippen molar-refractivity contribution in [3.63, 3.8) is 0 Å². The number of thioether (sulfide) groups is 1. The van der Waals surface area contributed by atoms with E-state index in [1.54, 1.807) is 0 Å². The Morgan fingerprint density at radius 2 is 2.07 bits per heavy atom. The molecule has 2 aliphatic rings. The molecule has 1 fully saturated rings. The number of hydrogen-bond acceptors (Lipinski definition) is 5. The van der Waals surface area contributed by atoms with Gasteiger partial charge in [0.15, 0.2) is 11.5 Å². The molecular formula is C21H24N2O4S. The lowest BCUT2D eigenvalue weighted by atomic mass is 10.1. The van der Waals surface area contributed by atoms with Gasteiger partial charge in [0.05, 0.1) is 12.3 Å². The van der Waals surface area contributed by atoms with Crippen LogP contribution in [0.15, 0.2) is 42.5 Å². The van der Waals surface area contributed by atoms with Crippen LogP contribution in [-0.4, -0.2) is 43.2 Å². The first kappa shape index (κ1) is 18.8. The maximum atomic E-state index is 12.8. The molecule has 0 spiro atoms. The van der Waals surface area contributed by atoms with E-state index in [2.05, 4.69) is 17.4 Å². The predicted octanol–water partition coefficient (Wildman–Crippen LogP) is 4.53. The Bertz CT molecular complexity index is 845. The summed E-state index contributed by atoms with van der Waals surface area (Å²) in [6.07, 6.45) is 0.894. The highest BCUT2D eigenvalue weighted by atomic mass is 32.2. The number of amides is 2. The fraction of sp³-hybridized carbons (Fsp3) is 0.381. The molecule has 0 radical (unpaired) electrons. The summed E-state index contributed by atoms with van der Waals surface area (Å²) in [7, 11) is 0. The summed E-state index contributed by atoms with van der Waals surface area (Å²) >= 11 is 1.88. The summed E-state index contributed by atoms with van der Waals surface area (Å²) in [6.45, 7) is 4.20. The number of ether oxygens (including phenoxy) is 3. The number of rotatable bonds is 4. The first-order valence-corrected chi connectivity index (χ1v) is 10.6. The van der Waals surface area contributed by atoms with Crippen LogP contribution >= 0.6 is 11.8 Å². The average molecular weight is 401 g/mol. The molecule has 1 atom stereocenters. The molecule has 1 unspecified atom stereocenters. The Hall–Kier alpha value is -2.54. The summed E-state index contributed by atoms with van der Waals surface area (Å²) in [5.41, 5.74) is 1.93. The molecule has 0 aliphatic carbocycles. The fourth-order valence-corrected chi connectivity index (χ4v) is 4.62. The van der Waals surface area contributed by atoms with Gasteiger partial charge in [-0.25, -0.2) is 4.79 Å². The third kappa shape index (κ3) is 4.14. The maximum absolute atomic E-state index is 12.8. The van der Waals surface area contributed by atoms with Crippen LogP contribution in [0.3, 0.4) is 0 Å². The molecule has 2 aromatic rings. The maximum Gasteiger partial charge on any atom is 0.321 e. The molecular weight excluding hydrogens is 376 g/mol. The first-order chi connectivity index (χ1) is 13.7. The molecule has 148 valence electrons. The monoisotopic (exact) mass is 400 g/mol. The molecule has 1 N–H and O–H groups in total. The van der Waals surface area contributed by atoms with Crippen molar-refractivity contribution in [1.29, 1.82) is 0 Å². The minimum absolute atomic E-state index is 0.0842. The van der Waals surface area contributed by atoms with Crippen molar-refractivity contribution >= 4 is 23.5 Å². The van der Waals surface area contributed by atoms with Gasteiger partial charge in [0.1, 0.15) is 5.75 Å². The lowest BCUT2D eigenvalue weighted by Crippen LogP contribution is -2.36. The highest BCUT2D eigenvalue weighted by molar-refractivity contribution is 7.99. The number of nitrogens with zero attached hydrogens (tertiary/aromatic N) is 1. The minimum atomic E-state index is -0.0842. The van der Waals surface area contributed by atoms with Crippen molar-refractivity contribution in [1.82, 2.24) is 4.90 Å². The van der Waals surface area contributed by atoms with Gasteiger partial charge in [0.25, 0.3) is 0 Å². The third-order valence-corrected chi connectivity index (χ3v) is 6.15. The SMILES string of the molecule is CCOc1ccccc1NC(=O)N1CCSC(c2ccc3c(c2)OCO3)CC1. The van der Waals surface area contributed by atoms with Crippen LogP contribution in [0, 0.1) is 0 Å². The fourth-order valence-electron chi connectivity index (χ4n) is 3.40. The number of benzene rings is 2. The molecule has 28 heavy (non-hydrogen) atoms. The van der Waals surface area contributed by atoms with E-state index in [9.17, 15) is 4.79 Å². The van der Waals surface area contributed by atoms with Gasteiger partial charge in [-0.15, -0.1) is 0 Å². The van der Waals surface area contributed by atoms with Crippen LogP contribution in [0.1, 0.15) is 24.2 Å². The normalized spacial score (nSPS) is 18.5. The molecule has 0 bridgehead atoms. The van der Waals surface area contributed by atoms with E-state index in [-0.39, 0.29) is 12.8 Å². The zero-order valence-electron chi connectivity index (χ0n) is 15.8. The van der Waals surface area contributed by atoms with E-state index < -0.39 is 0 Å². The second-order valence-corrected chi connectivity index (χ2v) is 7.92. The van der Waals surface area contributed by atoms with E-state index in [0.29, 0.717) is 36.4 Å². The molecule has 0 aromatic heterocycles. The third-order valence-electron chi connectivity index (χ3n) is 4.83. The second-order valence-electron chi connectivity index (χ2n) is 6.61. The van der Waals surface area contributed by atoms with Gasteiger partial charge in [0, 0.05) is 24.1 Å². The zero-order chi connectivity index (χ0) is 19.3. The van der Waals surface area contributed by atoms with Gasteiger partial charge < -0.3 is 24.4 Å². The molecule has 4 rings (SSSR count). The number of nitrogens with one attached hydrogen (secondary N) is 1. The highest BCUT2D eigenvalue weighted by Gasteiger charge is 2.24. The lowest BCUT2D eigenvalue weighted by molar-refractivity contribution is 0.174. The van der Waals surface area contributed by atoms with E-state index in [1.165, 1.54) is 5.56 Å². The van der Waals surface area contributed by atoms with Crippen LogP contribution in [0.25, 0.3) is 0 Å². The van der Waals surface area contributed by atoms with Crippen LogP contribution in [0.4, 0.5) is 10.5 Å². The smallest absolute Gasteiger partial charge is 0.321 e. The minimum Gasteiger partial charge on any atom is -0.492 e. The predicted molar refractivity (Wildman–Crippen MR) is 111 cm³/mol. The molecule has 1 saturated heterocycles. The summed E-state index contributed by atoms with van der Waals surface area (Å²) in [4.78, 5) is 14.7. The molecule has 2 heterocycles. The lowest BCUT2D eigenvalue weighted by Gasteiger charge is -2.22. The number of anilines is 1. The van der Waals surface area contributed by atoms with E-state index in [0.717, 1.165) is 23.7 Å². The van der Waals surface area contributed by atoms with Crippen molar-refractivity contribution in [3.8, 4) is 17.2 Å². The van der Waals surface area contributed by atoms with Crippen molar-refractivity contribution in [2.45, 2.75) is 18.6 Å². The molecule has 2 aliphatic heterocycles. The van der Waals surface area contributed by atoms with Crippen LogP contribution in [0.2, 0.25) is 0 Å². The van der Waals surface area contributed by atoms with E-state index in [4.69, 9.17) is 14.2 Å². The van der Waals surface area contributed by atoms with Gasteiger partial charge in [-0.1, -0.05) is 18.2 Å². The van der Waals surface area contributed by atoms with Gasteiger partial charge >= 0.3 is 6.03 Å². The van der Waals surface area contributed by atoms with Crippen molar-refractivity contribution in [2.75, 3.05) is 37.6 Å². The first-order valence-electron chi connectivity index (χ1n) is 9.53. The molecule has 7 heteroatoms. The Labute approximate surface area is 169 Å². The molecule has 2 amide bonds. The van der Waals surface area contributed by atoms with Gasteiger partial charge in [-0.3, -0.25) is 0 Å². The molecule has 2 aromatic carbocycles. The summed E-state index contributed by atoms with van der Waals surface area (Å²) in [6, 6.07) is 13.6. The number of fused-ring (bicyclic) bond motifs is 1. The van der Waals surface area contributed by atoms with Gasteiger partial charge in [-0.2, -0.15) is 11.8 Å². The van der Waals surface area contributed by atoms with Crippen molar-refractivity contribution in [2.24, 2.45) is 0 Å². The number of carbonyl (C=O) groups is 1. The van der Waals surface area contributed by atoms with E-state index in [1.807, 2.05) is 53.9 Å². The van der Waals surface area contributed by atoms with Crippen molar-refractivity contribution < 1.29 is 19.0 Å². The largest absolute Gasteiger partial charge is 0.492 e. The van der Waals surface area contributed by atoms with Gasteiger partial charge in [0.2, 0.25) is 6.79 Å². The highest BCUT2D eigenvalue weighted by Crippen LogP contribution is 2.40. The van der Waals surface area contributed by atoms with E-state index >= 15 is 0 Å². The number of urea groups is 1.